The Balaban J connectivity index is 2.52. The van der Waals surface area contributed by atoms with Crippen LogP contribution in [0.4, 0.5) is 17.6 Å². The van der Waals surface area contributed by atoms with Crippen LogP contribution < -0.4 is 5.32 Å². The fraction of sp³-hybridized carbons (Fsp3) is 1.00. The number of hydrogen-bond acceptors (Lipinski definition) is 2. The highest BCUT2D eigenvalue weighted by Gasteiger charge is 2.42. The van der Waals surface area contributed by atoms with Crippen molar-refractivity contribution in [3.8, 4) is 0 Å². The number of hydrogen-bond donors (Lipinski definition) is 1. The van der Waals surface area contributed by atoms with E-state index in [9.17, 15) is 17.6 Å². The summed E-state index contributed by atoms with van der Waals surface area (Å²) in [6.07, 6.45) is -2.19. The lowest BCUT2D eigenvalue weighted by molar-refractivity contribution is -0.142. The summed E-state index contributed by atoms with van der Waals surface area (Å²) in [6.45, 7) is 3.98. The smallest absolute Gasteiger partial charge is 0.312 e. The topological polar surface area (TPSA) is 15.3 Å². The summed E-state index contributed by atoms with van der Waals surface area (Å²) < 4.78 is 50.1. The summed E-state index contributed by atoms with van der Waals surface area (Å²) in [5.41, 5.74) is 0. The molecule has 0 spiro atoms. The number of alkyl halides is 4. The molecule has 1 aliphatic heterocycles. The summed E-state index contributed by atoms with van der Waals surface area (Å²) in [4.78, 5) is 1.44. The van der Waals surface area contributed by atoms with Gasteiger partial charge in [0.15, 0.2) is 0 Å². The van der Waals surface area contributed by atoms with Crippen molar-refractivity contribution >= 4 is 0 Å². The predicted octanol–water partition coefficient (Wildman–Crippen LogP) is 2.35. The Morgan fingerprint density at radius 2 is 1.65 bits per heavy atom. The molecule has 0 aromatic heterocycles. The largest absolute Gasteiger partial charge is 0.319 e. The van der Waals surface area contributed by atoms with Crippen LogP contribution in [0.1, 0.15) is 26.7 Å². The molecule has 102 valence electrons. The summed E-state index contributed by atoms with van der Waals surface area (Å²) in [5.74, 6) is -3.90. The van der Waals surface area contributed by atoms with Crippen molar-refractivity contribution in [2.75, 3.05) is 19.6 Å². The average Bonchev–Trinajstić information content (AvgIpc) is 2.19. The molecule has 2 nitrogen and oxygen atoms in total. The van der Waals surface area contributed by atoms with Gasteiger partial charge < -0.3 is 5.32 Å². The van der Waals surface area contributed by atoms with Gasteiger partial charge in [-0.1, -0.05) is 0 Å². The minimum Gasteiger partial charge on any atom is -0.312 e. The molecule has 0 aromatic carbocycles. The first-order chi connectivity index (χ1) is 7.81. The van der Waals surface area contributed by atoms with Crippen LogP contribution in [0.5, 0.6) is 0 Å². The van der Waals surface area contributed by atoms with Crippen molar-refractivity contribution in [1.82, 2.24) is 10.2 Å². The second kappa shape index (κ2) is 6.00. The van der Waals surface area contributed by atoms with Crippen molar-refractivity contribution in [3.05, 3.63) is 0 Å². The van der Waals surface area contributed by atoms with Crippen molar-refractivity contribution in [2.45, 2.75) is 51.1 Å². The molecule has 0 aliphatic carbocycles. The van der Waals surface area contributed by atoms with E-state index >= 15 is 0 Å². The molecular formula is C11H20F4N2. The Kier molecular flexibility index (Phi) is 5.19. The van der Waals surface area contributed by atoms with E-state index in [2.05, 4.69) is 5.32 Å². The van der Waals surface area contributed by atoms with Crippen LogP contribution in [0.15, 0.2) is 0 Å². The van der Waals surface area contributed by atoms with Crippen molar-refractivity contribution < 1.29 is 17.6 Å². The normalized spacial score (nSPS) is 29.1. The molecule has 1 heterocycles. The first kappa shape index (κ1) is 14.7. The maximum Gasteiger partial charge on any atom is 0.319 e. The van der Waals surface area contributed by atoms with E-state index in [0.29, 0.717) is 25.9 Å². The second-order valence-corrected chi connectivity index (χ2v) is 4.88. The Bertz CT molecular complexity index is 224. The molecule has 0 saturated carbocycles. The molecule has 1 aliphatic rings. The Morgan fingerprint density at radius 1 is 1.18 bits per heavy atom. The average molecular weight is 256 g/mol. The molecule has 1 N–H and O–H groups in total. The third-order valence-corrected chi connectivity index (χ3v) is 3.08. The highest BCUT2D eigenvalue weighted by atomic mass is 19.3. The third kappa shape index (κ3) is 4.79. The van der Waals surface area contributed by atoms with Crippen molar-refractivity contribution in [1.29, 1.82) is 0 Å². The second-order valence-electron chi connectivity index (χ2n) is 4.88. The fourth-order valence-electron chi connectivity index (χ4n) is 2.04. The molecule has 0 bridgehead atoms. The van der Waals surface area contributed by atoms with E-state index in [1.54, 1.807) is 0 Å². The van der Waals surface area contributed by atoms with Gasteiger partial charge in [0.2, 0.25) is 0 Å². The fourth-order valence-corrected chi connectivity index (χ4v) is 2.04. The third-order valence-electron chi connectivity index (χ3n) is 3.08. The van der Waals surface area contributed by atoms with Crippen LogP contribution >= 0.6 is 0 Å². The van der Waals surface area contributed by atoms with Crippen LogP contribution in [0.25, 0.3) is 0 Å². The summed E-state index contributed by atoms with van der Waals surface area (Å²) >= 11 is 0. The van der Waals surface area contributed by atoms with Gasteiger partial charge in [-0.15, -0.1) is 0 Å². The monoisotopic (exact) mass is 256 g/mol. The van der Waals surface area contributed by atoms with Gasteiger partial charge in [0, 0.05) is 12.1 Å². The van der Waals surface area contributed by atoms with E-state index in [1.807, 2.05) is 13.8 Å². The summed E-state index contributed by atoms with van der Waals surface area (Å²) in [5, 5.41) is 3.33. The van der Waals surface area contributed by atoms with Gasteiger partial charge in [0.05, 0.1) is 6.54 Å². The van der Waals surface area contributed by atoms with Crippen LogP contribution in [-0.2, 0) is 0 Å². The molecule has 2 atom stereocenters. The van der Waals surface area contributed by atoms with Gasteiger partial charge in [-0.05, 0) is 39.8 Å². The predicted molar refractivity (Wildman–Crippen MR) is 58.7 cm³/mol. The van der Waals surface area contributed by atoms with Crippen LogP contribution in [0.3, 0.4) is 0 Å². The lowest BCUT2D eigenvalue weighted by Gasteiger charge is -2.32. The lowest BCUT2D eigenvalue weighted by Crippen LogP contribution is -2.47. The SMILES string of the molecule is CC1CCN(CC(F)(F)C(F)F)CCC(C)N1. The van der Waals surface area contributed by atoms with Gasteiger partial charge in [-0.2, -0.15) is 8.78 Å². The molecule has 2 unspecified atom stereocenters. The number of nitrogens with one attached hydrogen (secondary N) is 1. The van der Waals surface area contributed by atoms with Gasteiger partial charge >= 0.3 is 12.3 Å². The summed E-state index contributed by atoms with van der Waals surface area (Å²) in [6, 6.07) is 0.459. The minimum absolute atomic E-state index is 0.230. The molecular weight excluding hydrogens is 236 g/mol. The number of halogens is 4. The Labute approximate surface area is 99.4 Å². The Morgan fingerprint density at radius 3 is 2.06 bits per heavy atom. The molecule has 6 heteroatoms. The standard InChI is InChI=1S/C11H20F4N2/c1-8-3-5-17(6-4-9(2)16-8)7-11(14,15)10(12)13/h8-10,16H,3-7H2,1-2H3. The molecule has 0 aromatic rings. The van der Waals surface area contributed by atoms with E-state index in [4.69, 9.17) is 0 Å². The van der Waals surface area contributed by atoms with Gasteiger partial charge in [0.25, 0.3) is 0 Å². The quantitative estimate of drug-likeness (QED) is 0.780. The number of rotatable bonds is 3. The zero-order valence-electron chi connectivity index (χ0n) is 10.2. The maximum atomic E-state index is 13.0. The van der Waals surface area contributed by atoms with E-state index in [1.165, 1.54) is 4.90 Å². The first-order valence-electron chi connectivity index (χ1n) is 5.95. The molecule has 1 fully saturated rings. The van der Waals surface area contributed by atoms with E-state index in [0.717, 1.165) is 0 Å². The Hall–Kier alpha value is -0.360. The van der Waals surface area contributed by atoms with E-state index < -0.39 is 18.9 Å². The maximum absolute atomic E-state index is 13.0. The molecule has 1 saturated heterocycles. The molecule has 17 heavy (non-hydrogen) atoms. The highest BCUT2D eigenvalue weighted by Crippen LogP contribution is 2.24. The first-order valence-corrected chi connectivity index (χ1v) is 5.95. The van der Waals surface area contributed by atoms with Crippen molar-refractivity contribution in [2.24, 2.45) is 0 Å². The molecule has 0 radical (unpaired) electrons. The highest BCUT2D eigenvalue weighted by molar-refractivity contribution is 4.80. The summed E-state index contributed by atoms with van der Waals surface area (Å²) in [7, 11) is 0. The number of nitrogens with zero attached hydrogens (tertiary/aromatic N) is 1. The van der Waals surface area contributed by atoms with Gasteiger partial charge in [-0.25, -0.2) is 8.78 Å². The van der Waals surface area contributed by atoms with Gasteiger partial charge in [0.1, 0.15) is 0 Å². The van der Waals surface area contributed by atoms with Gasteiger partial charge in [-0.3, -0.25) is 4.90 Å². The molecule has 1 rings (SSSR count). The van der Waals surface area contributed by atoms with E-state index in [-0.39, 0.29) is 12.1 Å². The van der Waals surface area contributed by atoms with Crippen LogP contribution in [-0.4, -0.2) is 49.0 Å². The molecule has 0 amide bonds. The lowest BCUT2D eigenvalue weighted by atomic mass is 10.1. The zero-order valence-corrected chi connectivity index (χ0v) is 10.2. The van der Waals surface area contributed by atoms with Crippen LogP contribution in [0.2, 0.25) is 0 Å². The minimum atomic E-state index is -3.90. The zero-order chi connectivity index (χ0) is 13.1. The van der Waals surface area contributed by atoms with Crippen molar-refractivity contribution in [3.63, 3.8) is 0 Å². The van der Waals surface area contributed by atoms with Crippen LogP contribution in [0, 0.1) is 0 Å².